The summed E-state index contributed by atoms with van der Waals surface area (Å²) in [4.78, 5) is 22.2. The maximum absolute atomic E-state index is 11.9. The summed E-state index contributed by atoms with van der Waals surface area (Å²) in [5.41, 5.74) is 4.32. The van der Waals surface area contributed by atoms with Crippen LogP contribution in [0.4, 0.5) is 5.69 Å². The number of fused-ring (bicyclic) bond motifs is 1. The number of aromatic nitrogens is 1. The van der Waals surface area contributed by atoms with Crippen LogP contribution in [0, 0.1) is 17.0 Å². The second kappa shape index (κ2) is 5.75. The van der Waals surface area contributed by atoms with E-state index in [1.165, 1.54) is 12.1 Å². The molecular weight excluding hydrogens is 280 g/mol. The van der Waals surface area contributed by atoms with Crippen molar-refractivity contribution >= 4 is 11.5 Å². The van der Waals surface area contributed by atoms with E-state index in [9.17, 15) is 14.9 Å². The zero-order chi connectivity index (χ0) is 15.7. The highest BCUT2D eigenvalue weighted by molar-refractivity contribution is 5.98. The molecule has 5 nitrogen and oxygen atoms in total. The molecule has 0 N–H and O–H groups in total. The van der Waals surface area contributed by atoms with Crippen molar-refractivity contribution in [2.45, 2.75) is 39.2 Å². The number of aryl methyl sites for hydroxylation is 2. The van der Waals surface area contributed by atoms with E-state index in [0.717, 1.165) is 48.3 Å². The molecule has 0 spiro atoms. The van der Waals surface area contributed by atoms with Gasteiger partial charge < -0.3 is 4.57 Å². The third-order valence-electron chi connectivity index (χ3n) is 4.30. The molecule has 0 saturated carbocycles. The molecule has 0 amide bonds. The predicted molar refractivity (Wildman–Crippen MR) is 83.2 cm³/mol. The van der Waals surface area contributed by atoms with Crippen LogP contribution < -0.4 is 0 Å². The van der Waals surface area contributed by atoms with E-state index in [-0.39, 0.29) is 16.4 Å². The van der Waals surface area contributed by atoms with Crippen LogP contribution in [0.2, 0.25) is 0 Å². The minimum atomic E-state index is -0.387. The van der Waals surface area contributed by atoms with Crippen molar-refractivity contribution in [2.24, 2.45) is 0 Å². The summed E-state index contributed by atoms with van der Waals surface area (Å²) in [5.74, 6) is 0.249. The topological polar surface area (TPSA) is 65.1 Å². The standard InChI is InChI=1S/C17H18N2O3/c1-12-11-15-16(3-2-4-17(15)20)18(12)10-9-13-5-7-14(8-6-13)19(21)22/h5-8,11H,2-4,9-10H2,1H3. The number of nitro benzene ring substituents is 1. The summed E-state index contributed by atoms with van der Waals surface area (Å²) in [6, 6.07) is 8.67. The lowest BCUT2D eigenvalue weighted by atomic mass is 9.96. The molecule has 0 unspecified atom stereocenters. The van der Waals surface area contributed by atoms with Crippen molar-refractivity contribution in [3.8, 4) is 0 Å². The first kappa shape index (κ1) is 14.5. The normalized spacial score (nSPS) is 14.0. The third kappa shape index (κ3) is 2.66. The van der Waals surface area contributed by atoms with Gasteiger partial charge in [0.15, 0.2) is 5.78 Å². The lowest BCUT2D eigenvalue weighted by molar-refractivity contribution is -0.384. The van der Waals surface area contributed by atoms with Gasteiger partial charge in [-0.25, -0.2) is 0 Å². The van der Waals surface area contributed by atoms with E-state index in [0.29, 0.717) is 6.42 Å². The molecule has 1 aromatic carbocycles. The van der Waals surface area contributed by atoms with Crippen molar-refractivity contribution in [2.75, 3.05) is 0 Å². The Morgan fingerprint density at radius 3 is 2.64 bits per heavy atom. The molecule has 1 aromatic heterocycles. The number of non-ortho nitro benzene ring substituents is 1. The van der Waals surface area contributed by atoms with Gasteiger partial charge in [-0.3, -0.25) is 14.9 Å². The minimum absolute atomic E-state index is 0.115. The van der Waals surface area contributed by atoms with E-state index in [1.807, 2.05) is 13.0 Å². The van der Waals surface area contributed by atoms with Crippen molar-refractivity contribution in [1.29, 1.82) is 0 Å². The van der Waals surface area contributed by atoms with Crippen LogP contribution in [0.25, 0.3) is 0 Å². The maximum atomic E-state index is 11.9. The first-order valence-corrected chi connectivity index (χ1v) is 7.52. The fourth-order valence-electron chi connectivity index (χ4n) is 3.13. The Hall–Kier alpha value is -2.43. The maximum Gasteiger partial charge on any atom is 0.269 e. The highest BCUT2D eigenvalue weighted by Crippen LogP contribution is 2.25. The van der Waals surface area contributed by atoms with Gasteiger partial charge in [0, 0.05) is 42.0 Å². The van der Waals surface area contributed by atoms with Gasteiger partial charge in [-0.15, -0.1) is 0 Å². The van der Waals surface area contributed by atoms with Crippen LogP contribution in [0.1, 0.15) is 40.2 Å². The Morgan fingerprint density at radius 2 is 1.95 bits per heavy atom. The van der Waals surface area contributed by atoms with E-state index in [2.05, 4.69) is 4.57 Å². The molecule has 0 saturated heterocycles. The molecule has 1 heterocycles. The molecule has 0 radical (unpaired) electrons. The first-order valence-electron chi connectivity index (χ1n) is 7.52. The molecule has 114 valence electrons. The fraction of sp³-hybridized carbons (Fsp3) is 0.353. The molecule has 3 rings (SSSR count). The molecular formula is C17H18N2O3. The van der Waals surface area contributed by atoms with Crippen LogP contribution in [0.5, 0.6) is 0 Å². The second-order valence-corrected chi connectivity index (χ2v) is 5.75. The monoisotopic (exact) mass is 298 g/mol. The van der Waals surface area contributed by atoms with Crippen molar-refractivity contribution in [1.82, 2.24) is 4.57 Å². The van der Waals surface area contributed by atoms with Crippen molar-refractivity contribution < 1.29 is 9.72 Å². The summed E-state index contributed by atoms with van der Waals surface area (Å²) in [6.45, 7) is 2.83. The molecule has 1 aliphatic carbocycles. The summed E-state index contributed by atoms with van der Waals surface area (Å²) >= 11 is 0. The summed E-state index contributed by atoms with van der Waals surface area (Å²) in [6.07, 6.45) is 3.33. The van der Waals surface area contributed by atoms with E-state index >= 15 is 0 Å². The quantitative estimate of drug-likeness (QED) is 0.641. The number of benzene rings is 1. The zero-order valence-electron chi connectivity index (χ0n) is 12.5. The number of rotatable bonds is 4. The van der Waals surface area contributed by atoms with Gasteiger partial charge in [-0.1, -0.05) is 12.1 Å². The molecule has 0 atom stereocenters. The van der Waals surface area contributed by atoms with Crippen LogP contribution in [-0.4, -0.2) is 15.3 Å². The molecule has 22 heavy (non-hydrogen) atoms. The number of nitrogens with zero attached hydrogens (tertiary/aromatic N) is 2. The predicted octanol–water partition coefficient (Wildman–Crippen LogP) is 3.47. The van der Waals surface area contributed by atoms with E-state index < -0.39 is 0 Å². The summed E-state index contributed by atoms with van der Waals surface area (Å²) in [5, 5.41) is 10.7. The largest absolute Gasteiger partial charge is 0.348 e. The number of carbonyl (C=O) groups is 1. The van der Waals surface area contributed by atoms with Crippen LogP contribution >= 0.6 is 0 Å². The van der Waals surface area contributed by atoms with Gasteiger partial charge in [0.05, 0.1) is 4.92 Å². The molecule has 0 fully saturated rings. The molecule has 0 bridgehead atoms. The molecule has 1 aliphatic rings. The fourth-order valence-corrected chi connectivity index (χ4v) is 3.13. The number of carbonyl (C=O) groups excluding carboxylic acids is 1. The highest BCUT2D eigenvalue weighted by Gasteiger charge is 2.22. The lowest BCUT2D eigenvalue weighted by Crippen LogP contribution is -2.14. The Kier molecular flexibility index (Phi) is 3.79. The van der Waals surface area contributed by atoms with Crippen molar-refractivity contribution in [3.05, 3.63) is 63.0 Å². The zero-order valence-corrected chi connectivity index (χ0v) is 12.5. The number of hydrogen-bond donors (Lipinski definition) is 0. The molecule has 2 aromatic rings. The average molecular weight is 298 g/mol. The Balaban J connectivity index is 1.77. The van der Waals surface area contributed by atoms with Gasteiger partial charge in [0.1, 0.15) is 0 Å². The highest BCUT2D eigenvalue weighted by atomic mass is 16.6. The van der Waals surface area contributed by atoms with E-state index in [1.54, 1.807) is 12.1 Å². The summed E-state index contributed by atoms with van der Waals surface area (Å²) in [7, 11) is 0. The van der Waals surface area contributed by atoms with Crippen molar-refractivity contribution in [3.63, 3.8) is 0 Å². The van der Waals surface area contributed by atoms with Gasteiger partial charge in [-0.05, 0) is 37.8 Å². The van der Waals surface area contributed by atoms with Gasteiger partial charge in [0.25, 0.3) is 5.69 Å². The summed E-state index contributed by atoms with van der Waals surface area (Å²) < 4.78 is 2.22. The van der Waals surface area contributed by atoms with Gasteiger partial charge >= 0.3 is 0 Å². The van der Waals surface area contributed by atoms with Crippen LogP contribution in [0.3, 0.4) is 0 Å². The Bertz CT molecular complexity index is 729. The SMILES string of the molecule is Cc1cc2c(n1CCc1ccc([N+](=O)[O-])cc1)CCCC2=O. The number of nitro groups is 1. The van der Waals surface area contributed by atoms with Gasteiger partial charge in [-0.2, -0.15) is 0 Å². The number of ketones is 1. The number of Topliss-reactive ketones (excluding diaryl/α,β-unsaturated/α-hetero) is 1. The second-order valence-electron chi connectivity index (χ2n) is 5.75. The van der Waals surface area contributed by atoms with Crippen LogP contribution in [0.15, 0.2) is 30.3 Å². The number of hydrogen-bond acceptors (Lipinski definition) is 3. The first-order chi connectivity index (χ1) is 10.6. The minimum Gasteiger partial charge on any atom is -0.348 e. The lowest BCUT2D eigenvalue weighted by Gasteiger charge is -2.16. The Labute approximate surface area is 128 Å². The average Bonchev–Trinajstić information content (AvgIpc) is 2.83. The molecule has 0 aliphatic heterocycles. The third-order valence-corrected chi connectivity index (χ3v) is 4.30. The van der Waals surface area contributed by atoms with E-state index in [4.69, 9.17) is 0 Å². The van der Waals surface area contributed by atoms with Gasteiger partial charge in [0.2, 0.25) is 0 Å². The smallest absolute Gasteiger partial charge is 0.269 e. The Morgan fingerprint density at radius 1 is 1.23 bits per heavy atom. The van der Waals surface area contributed by atoms with Crippen LogP contribution in [-0.2, 0) is 19.4 Å². The molecule has 5 heteroatoms.